The van der Waals surface area contributed by atoms with Gasteiger partial charge in [-0.3, -0.25) is 0 Å². The molecule has 0 atom stereocenters. The Morgan fingerprint density at radius 1 is 1.53 bits per heavy atom. The highest BCUT2D eigenvalue weighted by Gasteiger charge is 2.17. The van der Waals surface area contributed by atoms with Gasteiger partial charge in [0.25, 0.3) is 0 Å². The summed E-state index contributed by atoms with van der Waals surface area (Å²) < 4.78 is 5.03. The first-order chi connectivity index (χ1) is 7.06. The van der Waals surface area contributed by atoms with Gasteiger partial charge in [0.15, 0.2) is 0 Å². The van der Waals surface area contributed by atoms with Gasteiger partial charge in [-0.05, 0) is 25.5 Å². The van der Waals surface area contributed by atoms with Gasteiger partial charge in [0, 0.05) is 0 Å². The van der Waals surface area contributed by atoms with Crippen molar-refractivity contribution >= 4 is 17.6 Å². The van der Waals surface area contributed by atoms with E-state index in [1.807, 2.05) is 0 Å². The molecule has 0 heterocycles. The minimum Gasteiger partial charge on any atom is -0.459 e. The molecule has 82 valence electrons. The fraction of sp³-hybridized carbons (Fsp3) is 0.364. The topological polar surface area (TPSA) is 46.5 Å². The van der Waals surface area contributed by atoms with Crippen molar-refractivity contribution in [1.29, 1.82) is 0 Å². The number of aliphatic hydroxyl groups is 1. The Balaban J connectivity index is 3.06. The van der Waals surface area contributed by atoms with Crippen molar-refractivity contribution in [2.45, 2.75) is 26.6 Å². The molecule has 0 saturated heterocycles. The molecule has 0 aliphatic rings. The molecule has 0 saturated carbocycles. The standard InChI is InChI=1S/C11H13ClO3/c1-7(2)15-11(14)10-8(6-13)4-3-5-9(10)12/h3-5,7,13H,6H2,1-2H3. The quantitative estimate of drug-likeness (QED) is 0.809. The van der Waals surface area contributed by atoms with Gasteiger partial charge in [-0.1, -0.05) is 23.7 Å². The summed E-state index contributed by atoms with van der Waals surface area (Å²) in [7, 11) is 0. The lowest BCUT2D eigenvalue weighted by Gasteiger charge is -2.11. The Labute approximate surface area is 93.6 Å². The molecule has 1 aromatic carbocycles. The molecule has 1 rings (SSSR count). The Morgan fingerprint density at radius 2 is 2.20 bits per heavy atom. The van der Waals surface area contributed by atoms with E-state index >= 15 is 0 Å². The summed E-state index contributed by atoms with van der Waals surface area (Å²) in [6, 6.07) is 4.92. The average Bonchev–Trinajstić information content (AvgIpc) is 2.15. The summed E-state index contributed by atoms with van der Waals surface area (Å²) in [5.41, 5.74) is 0.725. The first kappa shape index (κ1) is 12.0. The molecular weight excluding hydrogens is 216 g/mol. The predicted molar refractivity (Wildman–Crippen MR) is 57.9 cm³/mol. The number of rotatable bonds is 3. The van der Waals surface area contributed by atoms with Crippen LogP contribution in [0.4, 0.5) is 0 Å². The molecule has 3 nitrogen and oxygen atoms in total. The van der Waals surface area contributed by atoms with E-state index < -0.39 is 5.97 Å². The van der Waals surface area contributed by atoms with Crippen LogP contribution in [0, 0.1) is 0 Å². The number of hydrogen-bond donors (Lipinski definition) is 1. The number of halogens is 1. The molecule has 1 aromatic rings. The highest BCUT2D eigenvalue weighted by atomic mass is 35.5. The molecule has 1 N–H and O–H groups in total. The van der Waals surface area contributed by atoms with Crippen LogP contribution in [0.3, 0.4) is 0 Å². The van der Waals surface area contributed by atoms with Crippen LogP contribution in [-0.4, -0.2) is 17.2 Å². The zero-order valence-electron chi connectivity index (χ0n) is 8.66. The van der Waals surface area contributed by atoms with Gasteiger partial charge < -0.3 is 9.84 Å². The summed E-state index contributed by atoms with van der Waals surface area (Å²) in [6.45, 7) is 3.28. The van der Waals surface area contributed by atoms with Crippen LogP contribution in [0.15, 0.2) is 18.2 Å². The predicted octanol–water partition coefficient (Wildman–Crippen LogP) is 2.40. The van der Waals surface area contributed by atoms with Crippen LogP contribution in [0.1, 0.15) is 29.8 Å². The van der Waals surface area contributed by atoms with Crippen LogP contribution >= 0.6 is 11.6 Å². The summed E-state index contributed by atoms with van der Waals surface area (Å²) >= 11 is 5.87. The molecule has 0 fully saturated rings. The Bertz CT molecular complexity index is 361. The zero-order chi connectivity index (χ0) is 11.4. The SMILES string of the molecule is CC(C)OC(=O)c1c(Cl)cccc1CO. The summed E-state index contributed by atoms with van der Waals surface area (Å²) in [6.07, 6.45) is -0.208. The number of carbonyl (C=O) groups is 1. The highest BCUT2D eigenvalue weighted by molar-refractivity contribution is 6.33. The van der Waals surface area contributed by atoms with Crippen LogP contribution in [0.2, 0.25) is 5.02 Å². The fourth-order valence-electron chi connectivity index (χ4n) is 1.20. The lowest BCUT2D eigenvalue weighted by Crippen LogP contribution is -2.14. The van der Waals surface area contributed by atoms with Gasteiger partial charge in [-0.15, -0.1) is 0 Å². The number of ether oxygens (including phenoxy) is 1. The molecule has 0 bridgehead atoms. The second-order valence-electron chi connectivity index (χ2n) is 3.39. The third kappa shape index (κ3) is 2.94. The summed E-state index contributed by atoms with van der Waals surface area (Å²) in [4.78, 5) is 11.6. The third-order valence-electron chi connectivity index (χ3n) is 1.82. The first-order valence-electron chi connectivity index (χ1n) is 4.65. The van der Waals surface area contributed by atoms with Gasteiger partial charge in [0.2, 0.25) is 0 Å². The molecular formula is C11H13ClO3. The molecule has 0 aliphatic heterocycles. The Morgan fingerprint density at radius 3 is 2.73 bits per heavy atom. The molecule has 0 amide bonds. The van der Waals surface area contributed by atoms with E-state index in [4.69, 9.17) is 21.4 Å². The molecule has 0 aliphatic carbocycles. The largest absolute Gasteiger partial charge is 0.459 e. The molecule has 0 aromatic heterocycles. The van der Waals surface area contributed by atoms with E-state index in [1.54, 1.807) is 32.0 Å². The minimum atomic E-state index is -0.500. The van der Waals surface area contributed by atoms with E-state index in [-0.39, 0.29) is 18.3 Å². The summed E-state index contributed by atoms with van der Waals surface area (Å²) in [5, 5.41) is 9.36. The number of carbonyl (C=O) groups excluding carboxylic acids is 1. The monoisotopic (exact) mass is 228 g/mol. The van der Waals surface area contributed by atoms with Crippen LogP contribution in [-0.2, 0) is 11.3 Å². The van der Waals surface area contributed by atoms with Crippen molar-refractivity contribution in [2.24, 2.45) is 0 Å². The molecule has 0 spiro atoms. The number of benzene rings is 1. The lowest BCUT2D eigenvalue weighted by atomic mass is 10.1. The number of aliphatic hydroxyl groups excluding tert-OH is 1. The molecule has 0 radical (unpaired) electrons. The second kappa shape index (κ2) is 5.14. The molecule has 0 unspecified atom stereocenters. The van der Waals surface area contributed by atoms with E-state index in [0.29, 0.717) is 10.6 Å². The third-order valence-corrected chi connectivity index (χ3v) is 2.13. The van der Waals surface area contributed by atoms with Crippen LogP contribution in [0.5, 0.6) is 0 Å². The first-order valence-corrected chi connectivity index (χ1v) is 5.03. The fourth-order valence-corrected chi connectivity index (χ4v) is 1.47. The Kier molecular flexibility index (Phi) is 4.12. The van der Waals surface area contributed by atoms with E-state index in [1.165, 1.54) is 0 Å². The van der Waals surface area contributed by atoms with E-state index in [0.717, 1.165) is 0 Å². The van der Waals surface area contributed by atoms with Crippen molar-refractivity contribution in [1.82, 2.24) is 0 Å². The molecule has 4 heteroatoms. The molecule has 15 heavy (non-hydrogen) atoms. The second-order valence-corrected chi connectivity index (χ2v) is 3.79. The zero-order valence-corrected chi connectivity index (χ0v) is 9.41. The highest BCUT2D eigenvalue weighted by Crippen LogP contribution is 2.21. The lowest BCUT2D eigenvalue weighted by molar-refractivity contribution is 0.0374. The van der Waals surface area contributed by atoms with E-state index in [9.17, 15) is 4.79 Å². The summed E-state index contributed by atoms with van der Waals surface area (Å²) in [5.74, 6) is -0.500. The van der Waals surface area contributed by atoms with Crippen molar-refractivity contribution in [2.75, 3.05) is 0 Å². The smallest absolute Gasteiger partial charge is 0.340 e. The number of esters is 1. The van der Waals surface area contributed by atoms with Gasteiger partial charge in [0.1, 0.15) is 0 Å². The van der Waals surface area contributed by atoms with Gasteiger partial charge >= 0.3 is 5.97 Å². The van der Waals surface area contributed by atoms with Crippen molar-refractivity contribution in [3.05, 3.63) is 34.3 Å². The van der Waals surface area contributed by atoms with Gasteiger partial charge in [0.05, 0.1) is 23.3 Å². The maximum absolute atomic E-state index is 11.6. The van der Waals surface area contributed by atoms with Gasteiger partial charge in [-0.25, -0.2) is 4.79 Å². The maximum Gasteiger partial charge on any atom is 0.340 e. The average molecular weight is 229 g/mol. The van der Waals surface area contributed by atoms with Crippen LogP contribution in [0.25, 0.3) is 0 Å². The maximum atomic E-state index is 11.6. The normalized spacial score (nSPS) is 10.5. The van der Waals surface area contributed by atoms with Crippen molar-refractivity contribution in [3.63, 3.8) is 0 Å². The van der Waals surface area contributed by atoms with Gasteiger partial charge in [-0.2, -0.15) is 0 Å². The van der Waals surface area contributed by atoms with E-state index in [2.05, 4.69) is 0 Å². The van der Waals surface area contributed by atoms with Crippen LogP contribution < -0.4 is 0 Å². The minimum absolute atomic E-state index is 0.208. The van der Waals surface area contributed by atoms with Crippen molar-refractivity contribution < 1.29 is 14.6 Å². The van der Waals surface area contributed by atoms with Crippen molar-refractivity contribution in [3.8, 4) is 0 Å². The number of hydrogen-bond acceptors (Lipinski definition) is 3. The Hall–Kier alpha value is -1.06.